The molecule has 118 valence electrons. The van der Waals surface area contributed by atoms with Crippen LogP contribution in [0, 0.1) is 5.41 Å². The molecule has 0 aromatic rings. The lowest BCUT2D eigenvalue weighted by molar-refractivity contribution is -0.171. The predicted octanol–water partition coefficient (Wildman–Crippen LogP) is 0.792. The molecule has 4 atom stereocenters. The van der Waals surface area contributed by atoms with Gasteiger partial charge in [0.25, 0.3) is 0 Å². The summed E-state index contributed by atoms with van der Waals surface area (Å²) in [5.74, 6) is 0.456. The minimum absolute atomic E-state index is 0.0197. The van der Waals surface area contributed by atoms with Crippen molar-refractivity contribution in [3.8, 4) is 0 Å². The second kappa shape index (κ2) is 6.54. The number of carbonyl (C=O) groups is 1. The molecular weight excluding hydrogens is 276 g/mol. The monoisotopic (exact) mass is 304 g/mol. The molecule has 1 saturated carbocycles. The van der Waals surface area contributed by atoms with Gasteiger partial charge < -0.3 is 15.8 Å². The quantitative estimate of drug-likeness (QED) is 0.729. The second-order valence-electron chi connectivity index (χ2n) is 6.28. The maximum absolute atomic E-state index is 12.4. The van der Waals surface area contributed by atoms with Crippen LogP contribution in [0.5, 0.6) is 0 Å². The highest BCUT2D eigenvalue weighted by Gasteiger charge is 2.62. The summed E-state index contributed by atoms with van der Waals surface area (Å²) in [7, 11) is -0.836. The van der Waals surface area contributed by atoms with Crippen molar-refractivity contribution in [2.45, 2.75) is 58.2 Å². The van der Waals surface area contributed by atoms with Gasteiger partial charge in [0.1, 0.15) is 5.54 Å². The van der Waals surface area contributed by atoms with E-state index in [1.807, 2.05) is 27.7 Å². The molecule has 4 unspecified atom stereocenters. The molecule has 0 spiro atoms. The number of amides is 1. The van der Waals surface area contributed by atoms with Crippen molar-refractivity contribution in [2.24, 2.45) is 11.1 Å². The van der Waals surface area contributed by atoms with E-state index < -0.39 is 16.3 Å². The van der Waals surface area contributed by atoms with Gasteiger partial charge in [-0.3, -0.25) is 9.00 Å². The van der Waals surface area contributed by atoms with Crippen LogP contribution in [0.3, 0.4) is 0 Å². The lowest BCUT2D eigenvalue weighted by Gasteiger charge is -2.57. The predicted molar refractivity (Wildman–Crippen MR) is 81.9 cm³/mol. The Balaban J connectivity index is 2.57. The Kier molecular flexibility index (Phi) is 5.75. The first-order valence-electron chi connectivity index (χ1n) is 7.16. The molecule has 1 fully saturated rings. The topological polar surface area (TPSA) is 81.4 Å². The van der Waals surface area contributed by atoms with Crippen LogP contribution in [0.2, 0.25) is 0 Å². The van der Waals surface area contributed by atoms with Crippen LogP contribution in [0.1, 0.15) is 40.5 Å². The molecule has 0 aromatic carbocycles. The molecule has 0 aliphatic heterocycles. The van der Waals surface area contributed by atoms with Crippen molar-refractivity contribution in [2.75, 3.05) is 18.6 Å². The van der Waals surface area contributed by atoms with Crippen molar-refractivity contribution in [3.05, 3.63) is 0 Å². The molecule has 0 heterocycles. The van der Waals surface area contributed by atoms with E-state index in [-0.39, 0.29) is 23.5 Å². The summed E-state index contributed by atoms with van der Waals surface area (Å²) in [6, 6.07) is -0.0197. The fourth-order valence-electron chi connectivity index (χ4n) is 2.59. The standard InChI is InChI=1S/C14H28N2O3S/c1-6-19-11-9-14(15,13(11,3)4)12(17)16-10(2)7-8-20(5)18/h10-11H,6-9,15H2,1-5H3,(H,16,17). The Morgan fingerprint density at radius 3 is 2.60 bits per heavy atom. The molecule has 1 rings (SSSR count). The van der Waals surface area contributed by atoms with Crippen LogP contribution >= 0.6 is 0 Å². The number of rotatable bonds is 7. The summed E-state index contributed by atoms with van der Waals surface area (Å²) in [4.78, 5) is 12.4. The molecule has 1 aliphatic carbocycles. The lowest BCUT2D eigenvalue weighted by Crippen LogP contribution is -2.76. The summed E-state index contributed by atoms with van der Waals surface area (Å²) in [6.45, 7) is 8.44. The van der Waals surface area contributed by atoms with Crippen LogP contribution in [0.25, 0.3) is 0 Å². The van der Waals surface area contributed by atoms with Gasteiger partial charge in [-0.1, -0.05) is 13.8 Å². The summed E-state index contributed by atoms with van der Waals surface area (Å²) in [6.07, 6.45) is 2.94. The molecule has 0 bridgehead atoms. The van der Waals surface area contributed by atoms with Crippen LogP contribution in [0.15, 0.2) is 0 Å². The van der Waals surface area contributed by atoms with Crippen LogP contribution in [-0.4, -0.2) is 46.4 Å². The number of hydrogen-bond donors (Lipinski definition) is 2. The van der Waals surface area contributed by atoms with Crippen molar-refractivity contribution in [1.82, 2.24) is 5.32 Å². The molecule has 0 radical (unpaired) electrons. The Hall–Kier alpha value is -0.460. The maximum atomic E-state index is 12.4. The highest BCUT2D eigenvalue weighted by molar-refractivity contribution is 7.84. The van der Waals surface area contributed by atoms with Gasteiger partial charge >= 0.3 is 0 Å². The van der Waals surface area contributed by atoms with Crippen molar-refractivity contribution < 1.29 is 13.7 Å². The molecule has 0 aromatic heterocycles. The first-order chi connectivity index (χ1) is 9.15. The highest BCUT2D eigenvalue weighted by Crippen LogP contribution is 2.49. The van der Waals surface area contributed by atoms with E-state index in [1.165, 1.54) is 0 Å². The zero-order valence-electron chi connectivity index (χ0n) is 13.2. The summed E-state index contributed by atoms with van der Waals surface area (Å²) < 4.78 is 16.7. The van der Waals surface area contributed by atoms with Gasteiger partial charge in [-0.2, -0.15) is 0 Å². The molecule has 5 nitrogen and oxygen atoms in total. The van der Waals surface area contributed by atoms with E-state index in [0.29, 0.717) is 25.2 Å². The number of nitrogens with one attached hydrogen (secondary N) is 1. The first kappa shape index (κ1) is 17.6. The SMILES string of the molecule is CCOC1CC(N)(C(=O)NC(C)CCS(C)=O)C1(C)C. The van der Waals surface area contributed by atoms with Crippen molar-refractivity contribution >= 4 is 16.7 Å². The number of carbonyl (C=O) groups excluding carboxylic acids is 1. The third kappa shape index (κ3) is 3.40. The van der Waals surface area contributed by atoms with E-state index in [2.05, 4.69) is 5.32 Å². The summed E-state index contributed by atoms with van der Waals surface area (Å²) in [5, 5.41) is 2.94. The van der Waals surface area contributed by atoms with E-state index in [9.17, 15) is 9.00 Å². The Morgan fingerprint density at radius 2 is 2.15 bits per heavy atom. The van der Waals surface area contributed by atoms with Gasteiger partial charge in [0.2, 0.25) is 5.91 Å². The zero-order chi connectivity index (χ0) is 15.6. The van der Waals surface area contributed by atoms with Crippen LogP contribution in [0.4, 0.5) is 0 Å². The number of hydrogen-bond acceptors (Lipinski definition) is 4. The van der Waals surface area contributed by atoms with E-state index in [0.717, 1.165) is 0 Å². The van der Waals surface area contributed by atoms with Gasteiger partial charge in [0.15, 0.2) is 0 Å². The molecule has 1 amide bonds. The van der Waals surface area contributed by atoms with Gasteiger partial charge in [0, 0.05) is 47.3 Å². The number of nitrogens with two attached hydrogens (primary N) is 1. The van der Waals surface area contributed by atoms with Crippen LogP contribution in [-0.2, 0) is 20.3 Å². The van der Waals surface area contributed by atoms with Gasteiger partial charge in [0.05, 0.1) is 6.10 Å². The summed E-state index contributed by atoms with van der Waals surface area (Å²) >= 11 is 0. The zero-order valence-corrected chi connectivity index (χ0v) is 14.0. The fraction of sp³-hybridized carbons (Fsp3) is 0.929. The molecule has 1 aliphatic rings. The molecular formula is C14H28N2O3S. The normalized spacial score (nSPS) is 31.2. The van der Waals surface area contributed by atoms with Gasteiger partial charge in [-0.15, -0.1) is 0 Å². The van der Waals surface area contributed by atoms with Crippen LogP contribution < -0.4 is 11.1 Å². The molecule has 20 heavy (non-hydrogen) atoms. The molecule has 0 saturated heterocycles. The van der Waals surface area contributed by atoms with Gasteiger partial charge in [-0.25, -0.2) is 0 Å². The average Bonchev–Trinajstić information content (AvgIpc) is 2.35. The fourth-order valence-corrected chi connectivity index (χ4v) is 3.27. The van der Waals surface area contributed by atoms with E-state index in [1.54, 1.807) is 6.26 Å². The minimum Gasteiger partial charge on any atom is -0.378 e. The first-order valence-corrected chi connectivity index (χ1v) is 8.89. The van der Waals surface area contributed by atoms with Gasteiger partial charge in [-0.05, 0) is 20.3 Å². The Morgan fingerprint density at radius 1 is 1.55 bits per heavy atom. The largest absolute Gasteiger partial charge is 0.378 e. The summed E-state index contributed by atoms with van der Waals surface area (Å²) in [5.41, 5.74) is 5.04. The minimum atomic E-state index is -0.882. The smallest absolute Gasteiger partial charge is 0.241 e. The maximum Gasteiger partial charge on any atom is 0.241 e. The Bertz CT molecular complexity index is 387. The molecule has 6 heteroatoms. The van der Waals surface area contributed by atoms with E-state index in [4.69, 9.17) is 10.5 Å². The van der Waals surface area contributed by atoms with Crippen molar-refractivity contribution in [1.29, 1.82) is 0 Å². The van der Waals surface area contributed by atoms with Crippen molar-refractivity contribution in [3.63, 3.8) is 0 Å². The number of ether oxygens (including phenoxy) is 1. The Labute approximate surface area is 124 Å². The van der Waals surface area contributed by atoms with E-state index >= 15 is 0 Å². The third-order valence-corrected chi connectivity index (χ3v) is 5.26. The highest BCUT2D eigenvalue weighted by atomic mass is 32.2. The lowest BCUT2D eigenvalue weighted by atomic mass is 9.54. The molecule has 3 N–H and O–H groups in total. The average molecular weight is 304 g/mol. The second-order valence-corrected chi connectivity index (χ2v) is 7.84. The third-order valence-electron chi connectivity index (χ3n) is 4.45.